The Bertz CT molecular complexity index is 569. The third-order valence-corrected chi connectivity index (χ3v) is 3.85. The summed E-state index contributed by atoms with van der Waals surface area (Å²) in [5.74, 6) is 0. The molecule has 0 unspecified atom stereocenters. The lowest BCUT2D eigenvalue weighted by atomic mass is 10.1. The minimum absolute atomic E-state index is 1.10. The lowest BCUT2D eigenvalue weighted by Crippen LogP contribution is -2.29. The monoisotopic (exact) mass is 240 g/mol. The molecule has 94 valence electrons. The van der Waals surface area contributed by atoms with Gasteiger partial charge in [0.15, 0.2) is 0 Å². The maximum Gasteiger partial charge on any atom is 0.0709 e. The van der Waals surface area contributed by atoms with Gasteiger partial charge in [0.25, 0.3) is 0 Å². The fourth-order valence-electron chi connectivity index (χ4n) is 2.90. The highest BCUT2D eigenvalue weighted by Crippen LogP contribution is 2.26. The summed E-state index contributed by atoms with van der Waals surface area (Å²) in [4.78, 5) is 7.11. The van der Waals surface area contributed by atoms with Crippen molar-refractivity contribution in [1.82, 2.24) is 4.98 Å². The second kappa shape index (κ2) is 4.60. The van der Waals surface area contributed by atoms with Crippen molar-refractivity contribution >= 4 is 16.6 Å². The molecule has 1 fully saturated rings. The zero-order valence-electron chi connectivity index (χ0n) is 11.2. The number of hydrogen-bond donors (Lipinski definition) is 0. The van der Waals surface area contributed by atoms with Gasteiger partial charge in [0.1, 0.15) is 0 Å². The highest BCUT2D eigenvalue weighted by molar-refractivity contribution is 5.85. The molecule has 0 atom stereocenters. The molecule has 0 N–H and O–H groups in total. The molecule has 0 aliphatic carbocycles. The van der Waals surface area contributed by atoms with Crippen molar-refractivity contribution in [3.63, 3.8) is 0 Å². The molecule has 0 saturated carbocycles. The van der Waals surface area contributed by atoms with Gasteiger partial charge in [-0.25, -0.2) is 0 Å². The topological polar surface area (TPSA) is 16.1 Å². The van der Waals surface area contributed by atoms with Crippen LogP contribution in [0.4, 0.5) is 5.69 Å². The number of piperidine rings is 1. The molecule has 0 spiro atoms. The van der Waals surface area contributed by atoms with E-state index in [0.717, 1.165) is 11.2 Å². The summed E-state index contributed by atoms with van der Waals surface area (Å²) < 4.78 is 0. The fourth-order valence-corrected chi connectivity index (χ4v) is 2.90. The summed E-state index contributed by atoms with van der Waals surface area (Å²) in [6, 6.07) is 8.86. The zero-order chi connectivity index (χ0) is 12.5. The number of rotatable bonds is 1. The number of anilines is 1. The lowest BCUT2D eigenvalue weighted by molar-refractivity contribution is 0.578. The minimum Gasteiger partial charge on any atom is -0.372 e. The van der Waals surface area contributed by atoms with Gasteiger partial charge in [0.05, 0.1) is 5.52 Å². The van der Waals surface area contributed by atoms with Gasteiger partial charge in [-0.05, 0) is 62.9 Å². The van der Waals surface area contributed by atoms with Crippen LogP contribution in [0, 0.1) is 13.8 Å². The fraction of sp³-hybridized carbons (Fsp3) is 0.438. The van der Waals surface area contributed by atoms with E-state index in [-0.39, 0.29) is 0 Å². The highest BCUT2D eigenvalue weighted by Gasteiger charge is 2.11. The number of hydrogen-bond acceptors (Lipinski definition) is 2. The van der Waals surface area contributed by atoms with Gasteiger partial charge >= 0.3 is 0 Å². The standard InChI is InChI=1S/C16H20N2/c1-12-10-13(2)17-16-7-6-14(11-15(12)16)18-8-4-3-5-9-18/h6-7,10-11H,3-5,8-9H2,1-2H3. The van der Waals surface area contributed by atoms with Crippen LogP contribution in [-0.4, -0.2) is 18.1 Å². The number of aryl methyl sites for hydroxylation is 2. The molecule has 2 aromatic rings. The Labute approximate surface area is 109 Å². The first-order chi connectivity index (χ1) is 8.74. The smallest absolute Gasteiger partial charge is 0.0709 e. The highest BCUT2D eigenvalue weighted by atomic mass is 15.1. The Morgan fingerprint density at radius 1 is 1.00 bits per heavy atom. The van der Waals surface area contributed by atoms with Crippen molar-refractivity contribution in [3.8, 4) is 0 Å². The van der Waals surface area contributed by atoms with Crippen LogP contribution in [0.2, 0.25) is 0 Å². The summed E-state index contributed by atoms with van der Waals surface area (Å²) in [5.41, 5.74) is 4.91. The average Bonchev–Trinajstić information content (AvgIpc) is 2.39. The molecule has 1 aliphatic rings. The van der Waals surface area contributed by atoms with E-state index in [1.807, 2.05) is 0 Å². The van der Waals surface area contributed by atoms with E-state index in [2.05, 4.69) is 48.0 Å². The molecule has 0 bridgehead atoms. The predicted octanol–water partition coefficient (Wildman–Crippen LogP) is 3.84. The predicted molar refractivity (Wildman–Crippen MR) is 77.3 cm³/mol. The van der Waals surface area contributed by atoms with Gasteiger partial charge in [0, 0.05) is 29.9 Å². The largest absolute Gasteiger partial charge is 0.372 e. The molecule has 1 saturated heterocycles. The van der Waals surface area contributed by atoms with Crippen LogP contribution in [0.5, 0.6) is 0 Å². The Kier molecular flexibility index (Phi) is 2.94. The Morgan fingerprint density at radius 2 is 1.78 bits per heavy atom. The number of fused-ring (bicyclic) bond motifs is 1. The van der Waals surface area contributed by atoms with Gasteiger partial charge in [-0.15, -0.1) is 0 Å². The minimum atomic E-state index is 1.10. The van der Waals surface area contributed by atoms with Crippen LogP contribution in [-0.2, 0) is 0 Å². The van der Waals surface area contributed by atoms with E-state index in [1.54, 1.807) is 0 Å². The number of pyridine rings is 1. The molecule has 0 radical (unpaired) electrons. The van der Waals surface area contributed by atoms with Crippen molar-refractivity contribution in [2.24, 2.45) is 0 Å². The van der Waals surface area contributed by atoms with Crippen LogP contribution in [0.25, 0.3) is 10.9 Å². The SMILES string of the molecule is Cc1cc(C)c2cc(N3CCCCC3)ccc2n1. The van der Waals surface area contributed by atoms with Crippen LogP contribution >= 0.6 is 0 Å². The molecule has 2 nitrogen and oxygen atoms in total. The molecule has 18 heavy (non-hydrogen) atoms. The van der Waals surface area contributed by atoms with Crippen LogP contribution < -0.4 is 4.90 Å². The van der Waals surface area contributed by atoms with Crippen molar-refractivity contribution in [2.45, 2.75) is 33.1 Å². The number of nitrogens with zero attached hydrogens (tertiary/aromatic N) is 2. The number of benzene rings is 1. The van der Waals surface area contributed by atoms with Crippen molar-refractivity contribution in [2.75, 3.05) is 18.0 Å². The maximum absolute atomic E-state index is 4.60. The zero-order valence-corrected chi connectivity index (χ0v) is 11.2. The van der Waals surface area contributed by atoms with Crippen LogP contribution in [0.3, 0.4) is 0 Å². The van der Waals surface area contributed by atoms with Gasteiger partial charge < -0.3 is 4.90 Å². The van der Waals surface area contributed by atoms with E-state index in [4.69, 9.17) is 0 Å². The molecule has 1 aromatic heterocycles. The summed E-state index contributed by atoms with van der Waals surface area (Å²) in [5, 5.41) is 1.30. The van der Waals surface area contributed by atoms with Crippen molar-refractivity contribution in [1.29, 1.82) is 0 Å². The van der Waals surface area contributed by atoms with Gasteiger partial charge in [-0.2, -0.15) is 0 Å². The Hall–Kier alpha value is -1.57. The maximum atomic E-state index is 4.60. The quantitative estimate of drug-likeness (QED) is 0.753. The molecule has 2 heterocycles. The lowest BCUT2D eigenvalue weighted by Gasteiger charge is -2.29. The first kappa shape index (κ1) is 11.5. The normalized spacial score (nSPS) is 16.2. The second-order valence-electron chi connectivity index (χ2n) is 5.33. The summed E-state index contributed by atoms with van der Waals surface area (Å²) >= 11 is 0. The molecule has 1 aromatic carbocycles. The van der Waals surface area contributed by atoms with E-state index in [0.29, 0.717) is 0 Å². The third kappa shape index (κ3) is 2.07. The van der Waals surface area contributed by atoms with Crippen LogP contribution in [0.15, 0.2) is 24.3 Å². The third-order valence-electron chi connectivity index (χ3n) is 3.85. The summed E-state index contributed by atoms with van der Waals surface area (Å²) in [7, 11) is 0. The summed E-state index contributed by atoms with van der Waals surface area (Å²) in [6.07, 6.45) is 4.02. The molecule has 1 aliphatic heterocycles. The van der Waals surface area contributed by atoms with Gasteiger partial charge in [-0.1, -0.05) is 0 Å². The molecule has 2 heteroatoms. The molecular formula is C16H20N2. The Balaban J connectivity index is 2.04. The van der Waals surface area contributed by atoms with E-state index >= 15 is 0 Å². The molecular weight excluding hydrogens is 220 g/mol. The average molecular weight is 240 g/mol. The van der Waals surface area contributed by atoms with E-state index in [1.165, 1.54) is 49.0 Å². The van der Waals surface area contributed by atoms with E-state index < -0.39 is 0 Å². The summed E-state index contributed by atoms with van der Waals surface area (Å²) in [6.45, 7) is 6.63. The van der Waals surface area contributed by atoms with E-state index in [9.17, 15) is 0 Å². The van der Waals surface area contributed by atoms with Crippen molar-refractivity contribution in [3.05, 3.63) is 35.5 Å². The van der Waals surface area contributed by atoms with Crippen molar-refractivity contribution < 1.29 is 0 Å². The van der Waals surface area contributed by atoms with Crippen LogP contribution in [0.1, 0.15) is 30.5 Å². The Morgan fingerprint density at radius 3 is 2.56 bits per heavy atom. The van der Waals surface area contributed by atoms with Gasteiger partial charge in [0.2, 0.25) is 0 Å². The molecule has 3 rings (SSSR count). The first-order valence-corrected chi connectivity index (χ1v) is 6.87. The second-order valence-corrected chi connectivity index (χ2v) is 5.33. The number of aromatic nitrogens is 1. The van der Waals surface area contributed by atoms with Gasteiger partial charge in [-0.3, -0.25) is 4.98 Å². The first-order valence-electron chi connectivity index (χ1n) is 6.87. The molecule has 0 amide bonds.